The van der Waals surface area contributed by atoms with Crippen LogP contribution < -0.4 is 4.90 Å². The van der Waals surface area contributed by atoms with Gasteiger partial charge in [-0.25, -0.2) is 8.78 Å². The van der Waals surface area contributed by atoms with Crippen LogP contribution in [-0.2, 0) is 23.8 Å². The van der Waals surface area contributed by atoms with Gasteiger partial charge in [0.05, 0.1) is 22.8 Å². The monoisotopic (exact) mass is 491 g/mol. The van der Waals surface area contributed by atoms with Crippen LogP contribution in [0.5, 0.6) is 0 Å². The average molecular weight is 491 g/mol. The van der Waals surface area contributed by atoms with Crippen LogP contribution in [0.2, 0.25) is 0 Å². The molecule has 0 spiro atoms. The van der Waals surface area contributed by atoms with Gasteiger partial charge in [-0.3, -0.25) is 8.98 Å². The van der Waals surface area contributed by atoms with E-state index in [0.717, 1.165) is 17.8 Å². The number of halogens is 4. The summed E-state index contributed by atoms with van der Waals surface area (Å²) in [6.07, 6.45) is -4.05. The molecule has 2 rings (SSSR count). The highest BCUT2D eigenvalue weighted by Crippen LogP contribution is 2.26. The highest BCUT2D eigenvalue weighted by Gasteiger charge is 2.42. The SMILES string of the molecule is CCN(CCOC=O)c1ccc(N=Nc2ccc(S(=O)(=O)OCC(F)(F)C(F)F)cc2)cc1. The Balaban J connectivity index is 2.01. The third-order valence-electron chi connectivity index (χ3n) is 4.28. The van der Waals surface area contributed by atoms with Gasteiger partial charge in [0.15, 0.2) is 0 Å². The van der Waals surface area contributed by atoms with Gasteiger partial charge in [-0.2, -0.15) is 27.4 Å². The van der Waals surface area contributed by atoms with Crippen LogP contribution in [0.3, 0.4) is 0 Å². The van der Waals surface area contributed by atoms with Crippen molar-refractivity contribution in [1.82, 2.24) is 0 Å². The van der Waals surface area contributed by atoms with E-state index >= 15 is 0 Å². The molecule has 0 unspecified atom stereocenters. The van der Waals surface area contributed by atoms with Crippen molar-refractivity contribution in [1.29, 1.82) is 0 Å². The molecule has 0 saturated heterocycles. The van der Waals surface area contributed by atoms with Crippen molar-refractivity contribution in [2.24, 2.45) is 10.2 Å². The fraction of sp³-hybridized carbons (Fsp3) is 0.350. The van der Waals surface area contributed by atoms with Gasteiger partial charge < -0.3 is 9.64 Å². The molecule has 2 aromatic rings. The number of carbonyl (C=O) groups excluding carboxylic acids is 1. The molecule has 0 aliphatic heterocycles. The fourth-order valence-electron chi connectivity index (χ4n) is 2.49. The fourth-order valence-corrected chi connectivity index (χ4v) is 3.41. The first-order valence-electron chi connectivity index (χ1n) is 9.56. The number of alkyl halides is 4. The van der Waals surface area contributed by atoms with Crippen molar-refractivity contribution in [3.05, 3.63) is 48.5 Å². The molecule has 180 valence electrons. The first-order valence-corrected chi connectivity index (χ1v) is 11.0. The number of rotatable bonds is 13. The Morgan fingerprint density at radius 3 is 2.06 bits per heavy atom. The van der Waals surface area contributed by atoms with Gasteiger partial charge in [0.25, 0.3) is 16.6 Å². The molecule has 0 bridgehead atoms. The molecular formula is C20H21F4N3O5S. The van der Waals surface area contributed by atoms with E-state index in [9.17, 15) is 30.8 Å². The van der Waals surface area contributed by atoms with Gasteiger partial charge in [0.2, 0.25) is 0 Å². The number of hydrogen-bond acceptors (Lipinski definition) is 8. The number of likely N-dealkylation sites (N-methyl/N-ethyl adjacent to an activating group) is 1. The second-order valence-electron chi connectivity index (χ2n) is 6.54. The van der Waals surface area contributed by atoms with Gasteiger partial charge in [-0.05, 0) is 55.5 Å². The van der Waals surface area contributed by atoms with E-state index in [2.05, 4.69) is 14.4 Å². The zero-order chi connectivity index (χ0) is 24.5. The van der Waals surface area contributed by atoms with E-state index in [1.54, 1.807) is 24.3 Å². The van der Waals surface area contributed by atoms with Crippen LogP contribution in [0.15, 0.2) is 63.7 Å². The van der Waals surface area contributed by atoms with Crippen LogP contribution in [0.4, 0.5) is 34.6 Å². The predicted octanol–water partition coefficient (Wildman–Crippen LogP) is 4.71. The van der Waals surface area contributed by atoms with E-state index < -0.39 is 34.0 Å². The summed E-state index contributed by atoms with van der Waals surface area (Å²) in [6.45, 7) is 1.84. The summed E-state index contributed by atoms with van der Waals surface area (Å²) in [5.41, 5.74) is 1.66. The smallest absolute Gasteiger partial charge is 0.331 e. The molecule has 0 saturated carbocycles. The van der Waals surface area contributed by atoms with Crippen LogP contribution in [0.1, 0.15) is 6.92 Å². The molecule has 2 aromatic carbocycles. The first-order chi connectivity index (χ1) is 15.6. The number of nitrogens with zero attached hydrogens (tertiary/aromatic N) is 3. The Morgan fingerprint density at radius 2 is 1.58 bits per heavy atom. The van der Waals surface area contributed by atoms with E-state index in [4.69, 9.17) is 4.74 Å². The minimum Gasteiger partial charge on any atom is -0.466 e. The number of ether oxygens (including phenoxy) is 1. The van der Waals surface area contributed by atoms with Crippen molar-refractivity contribution in [3.63, 3.8) is 0 Å². The van der Waals surface area contributed by atoms with Gasteiger partial charge in [-0.15, -0.1) is 0 Å². The van der Waals surface area contributed by atoms with Gasteiger partial charge in [0.1, 0.15) is 13.2 Å². The normalized spacial score (nSPS) is 12.3. The van der Waals surface area contributed by atoms with E-state index in [-0.39, 0.29) is 12.3 Å². The summed E-state index contributed by atoms with van der Waals surface area (Å²) in [5, 5.41) is 7.99. The molecule has 0 aromatic heterocycles. The van der Waals surface area contributed by atoms with Gasteiger partial charge >= 0.3 is 12.3 Å². The Kier molecular flexibility index (Phi) is 9.29. The molecule has 0 aliphatic rings. The summed E-state index contributed by atoms with van der Waals surface area (Å²) < 4.78 is 82.6. The Labute approximate surface area is 187 Å². The topological polar surface area (TPSA) is 97.6 Å². The quantitative estimate of drug-likeness (QED) is 0.132. The van der Waals surface area contributed by atoms with E-state index in [1.807, 2.05) is 11.8 Å². The molecule has 0 fully saturated rings. The first kappa shape index (κ1) is 26.2. The maximum Gasteiger partial charge on any atom is 0.331 e. The van der Waals surface area contributed by atoms with Crippen molar-refractivity contribution < 1.29 is 39.7 Å². The van der Waals surface area contributed by atoms with Crippen LogP contribution in [0, 0.1) is 0 Å². The number of azo groups is 1. The molecule has 13 heteroatoms. The Bertz CT molecular complexity index is 1030. The molecule has 0 heterocycles. The highest BCUT2D eigenvalue weighted by atomic mass is 32.2. The van der Waals surface area contributed by atoms with Crippen molar-refractivity contribution in [3.8, 4) is 0 Å². The molecule has 0 aliphatic carbocycles. The third kappa shape index (κ3) is 7.79. The van der Waals surface area contributed by atoms with Crippen LogP contribution >= 0.6 is 0 Å². The van der Waals surface area contributed by atoms with Crippen molar-refractivity contribution in [2.75, 3.05) is 31.2 Å². The van der Waals surface area contributed by atoms with E-state index in [0.29, 0.717) is 25.2 Å². The summed E-state index contributed by atoms with van der Waals surface area (Å²) in [5.74, 6) is -4.59. The largest absolute Gasteiger partial charge is 0.466 e. The average Bonchev–Trinajstić information content (AvgIpc) is 2.80. The molecule has 0 N–H and O–H groups in total. The minimum absolute atomic E-state index is 0.254. The summed E-state index contributed by atoms with van der Waals surface area (Å²) in [4.78, 5) is 11.7. The lowest BCUT2D eigenvalue weighted by Crippen LogP contribution is -2.33. The Morgan fingerprint density at radius 1 is 1.03 bits per heavy atom. The second kappa shape index (κ2) is 11.7. The summed E-state index contributed by atoms with van der Waals surface area (Å²) in [6, 6.07) is 11.6. The lowest BCUT2D eigenvalue weighted by Gasteiger charge is -2.22. The zero-order valence-corrected chi connectivity index (χ0v) is 18.2. The molecule has 0 atom stereocenters. The number of benzene rings is 2. The number of anilines is 1. The predicted molar refractivity (Wildman–Crippen MR) is 111 cm³/mol. The highest BCUT2D eigenvalue weighted by molar-refractivity contribution is 7.86. The minimum atomic E-state index is -4.65. The molecule has 8 nitrogen and oxygen atoms in total. The number of hydrogen-bond donors (Lipinski definition) is 0. The van der Waals surface area contributed by atoms with Crippen LogP contribution in [-0.4, -0.2) is 53.5 Å². The standard InChI is InChI=1S/C20H21F4N3O5S/c1-2-27(11-12-31-14-28)17-7-3-15(4-8-17)25-26-16-5-9-18(10-6-16)33(29,30)32-13-20(23,24)19(21)22/h3-10,14,19H,2,11-13H2,1H3. The lowest BCUT2D eigenvalue weighted by molar-refractivity contribution is -0.147. The molecule has 0 radical (unpaired) electrons. The van der Waals surface area contributed by atoms with Crippen LogP contribution in [0.25, 0.3) is 0 Å². The Hall–Kier alpha value is -3.06. The zero-order valence-electron chi connectivity index (χ0n) is 17.4. The molecular weight excluding hydrogens is 470 g/mol. The van der Waals surface area contributed by atoms with Gasteiger partial charge in [-0.1, -0.05) is 0 Å². The maximum atomic E-state index is 12.9. The number of carbonyl (C=O) groups is 1. The van der Waals surface area contributed by atoms with Crippen molar-refractivity contribution >= 4 is 33.7 Å². The lowest BCUT2D eigenvalue weighted by atomic mass is 10.2. The van der Waals surface area contributed by atoms with Crippen molar-refractivity contribution in [2.45, 2.75) is 24.2 Å². The maximum absolute atomic E-state index is 12.9. The van der Waals surface area contributed by atoms with Gasteiger partial charge in [0, 0.05) is 12.2 Å². The summed E-state index contributed by atoms with van der Waals surface area (Å²) in [7, 11) is -4.65. The molecule has 33 heavy (non-hydrogen) atoms. The third-order valence-corrected chi connectivity index (χ3v) is 5.55. The van der Waals surface area contributed by atoms with E-state index in [1.165, 1.54) is 12.1 Å². The second-order valence-corrected chi connectivity index (χ2v) is 8.15. The summed E-state index contributed by atoms with van der Waals surface area (Å²) >= 11 is 0. The molecule has 0 amide bonds.